The van der Waals surface area contributed by atoms with Crippen molar-refractivity contribution in [3.8, 4) is 5.69 Å². The third kappa shape index (κ3) is 4.73. The van der Waals surface area contributed by atoms with E-state index in [1.807, 2.05) is 19.9 Å². The van der Waals surface area contributed by atoms with Gasteiger partial charge in [-0.25, -0.2) is 4.68 Å². The van der Waals surface area contributed by atoms with Gasteiger partial charge in [0.1, 0.15) is 0 Å². The molecule has 2 unspecified atom stereocenters. The van der Waals surface area contributed by atoms with Gasteiger partial charge in [0, 0.05) is 25.4 Å². The van der Waals surface area contributed by atoms with E-state index in [0.29, 0.717) is 22.4 Å². The van der Waals surface area contributed by atoms with Crippen molar-refractivity contribution in [3.63, 3.8) is 0 Å². The minimum Gasteiger partial charge on any atom is -0.373 e. The van der Waals surface area contributed by atoms with Crippen molar-refractivity contribution >= 4 is 34.9 Å². The Hall–Kier alpha value is -1.60. The van der Waals surface area contributed by atoms with Crippen LogP contribution in [0.15, 0.2) is 30.5 Å². The fraction of sp³-hybridized carbons (Fsp3) is 0.412. The first-order chi connectivity index (χ1) is 11.9. The molecule has 25 heavy (non-hydrogen) atoms. The molecular formula is C17H20Cl2N4O2. The lowest BCUT2D eigenvalue weighted by Crippen LogP contribution is -2.48. The Morgan fingerprint density at radius 3 is 2.64 bits per heavy atom. The maximum absolute atomic E-state index is 12.3. The number of carbonyl (C=O) groups excluding carboxylic acids is 1. The zero-order valence-electron chi connectivity index (χ0n) is 14.1. The summed E-state index contributed by atoms with van der Waals surface area (Å²) in [5, 5.41) is 8.12. The Kier molecular flexibility index (Phi) is 5.64. The number of nitrogens with one attached hydrogen (secondary N) is 1. The van der Waals surface area contributed by atoms with Crippen molar-refractivity contribution in [1.29, 1.82) is 0 Å². The molecule has 0 saturated carbocycles. The largest absolute Gasteiger partial charge is 0.373 e. The van der Waals surface area contributed by atoms with Crippen LogP contribution in [0.3, 0.4) is 0 Å². The van der Waals surface area contributed by atoms with Crippen LogP contribution in [-0.2, 0) is 9.53 Å². The molecule has 6 nitrogen and oxygen atoms in total. The van der Waals surface area contributed by atoms with Gasteiger partial charge in [-0.05, 0) is 32.0 Å². The second-order valence-electron chi connectivity index (χ2n) is 6.24. The summed E-state index contributed by atoms with van der Waals surface area (Å²) >= 11 is 12.0. The van der Waals surface area contributed by atoms with E-state index in [-0.39, 0.29) is 18.1 Å². The highest BCUT2D eigenvalue weighted by molar-refractivity contribution is 6.42. The molecule has 0 bridgehead atoms. The van der Waals surface area contributed by atoms with E-state index in [0.717, 1.165) is 18.8 Å². The highest BCUT2D eigenvalue weighted by Crippen LogP contribution is 2.24. The normalized spacial score (nSPS) is 21.3. The lowest BCUT2D eigenvalue weighted by atomic mass is 10.2. The van der Waals surface area contributed by atoms with E-state index < -0.39 is 0 Å². The Morgan fingerprint density at radius 2 is 1.96 bits per heavy atom. The zero-order chi connectivity index (χ0) is 18.0. The van der Waals surface area contributed by atoms with E-state index in [2.05, 4.69) is 15.3 Å². The number of halogens is 2. The van der Waals surface area contributed by atoms with Gasteiger partial charge < -0.3 is 10.1 Å². The predicted octanol–water partition coefficient (Wildman–Crippen LogP) is 3.23. The molecule has 1 fully saturated rings. The van der Waals surface area contributed by atoms with Crippen LogP contribution >= 0.6 is 23.2 Å². The van der Waals surface area contributed by atoms with E-state index in [1.165, 1.54) is 0 Å². The van der Waals surface area contributed by atoms with E-state index >= 15 is 0 Å². The third-order valence-corrected chi connectivity index (χ3v) is 4.63. The minimum absolute atomic E-state index is 0.0966. The van der Waals surface area contributed by atoms with Crippen molar-refractivity contribution in [1.82, 2.24) is 14.7 Å². The maximum Gasteiger partial charge on any atom is 0.239 e. The third-order valence-electron chi connectivity index (χ3n) is 3.89. The molecule has 3 rings (SSSR count). The summed E-state index contributed by atoms with van der Waals surface area (Å²) in [6.45, 7) is 5.83. The van der Waals surface area contributed by atoms with Crippen LogP contribution in [0, 0.1) is 0 Å². The van der Waals surface area contributed by atoms with Gasteiger partial charge in [-0.3, -0.25) is 9.69 Å². The smallest absolute Gasteiger partial charge is 0.239 e. The van der Waals surface area contributed by atoms with Crippen LogP contribution in [0.1, 0.15) is 13.8 Å². The fourth-order valence-corrected chi connectivity index (χ4v) is 3.25. The lowest BCUT2D eigenvalue weighted by Gasteiger charge is -2.34. The van der Waals surface area contributed by atoms with Gasteiger partial charge >= 0.3 is 0 Å². The summed E-state index contributed by atoms with van der Waals surface area (Å²) < 4.78 is 7.31. The highest BCUT2D eigenvalue weighted by atomic mass is 35.5. The molecular weight excluding hydrogens is 363 g/mol. The molecule has 1 amide bonds. The van der Waals surface area contributed by atoms with Crippen molar-refractivity contribution < 1.29 is 9.53 Å². The van der Waals surface area contributed by atoms with Crippen LogP contribution in [0.25, 0.3) is 5.69 Å². The molecule has 0 spiro atoms. The Labute approximate surface area is 156 Å². The number of carbonyl (C=O) groups is 1. The number of amides is 1. The van der Waals surface area contributed by atoms with E-state index in [4.69, 9.17) is 27.9 Å². The zero-order valence-corrected chi connectivity index (χ0v) is 15.6. The number of anilines is 1. The summed E-state index contributed by atoms with van der Waals surface area (Å²) in [7, 11) is 0. The van der Waals surface area contributed by atoms with Gasteiger partial charge in [-0.15, -0.1) is 0 Å². The van der Waals surface area contributed by atoms with Crippen molar-refractivity contribution in [2.24, 2.45) is 0 Å². The summed E-state index contributed by atoms with van der Waals surface area (Å²) in [5.74, 6) is 0.395. The molecule has 134 valence electrons. The summed E-state index contributed by atoms with van der Waals surface area (Å²) in [6.07, 6.45) is 2.02. The highest BCUT2D eigenvalue weighted by Gasteiger charge is 2.23. The molecule has 1 aromatic heterocycles. The quantitative estimate of drug-likeness (QED) is 0.881. The van der Waals surface area contributed by atoms with Gasteiger partial charge in [-0.1, -0.05) is 23.2 Å². The number of nitrogens with zero attached hydrogens (tertiary/aromatic N) is 3. The number of hydrogen-bond donors (Lipinski definition) is 1. The minimum atomic E-state index is -0.0966. The molecule has 8 heteroatoms. The topological polar surface area (TPSA) is 59.4 Å². The van der Waals surface area contributed by atoms with Crippen LogP contribution in [0.5, 0.6) is 0 Å². The number of aromatic nitrogens is 2. The van der Waals surface area contributed by atoms with Crippen LogP contribution in [0.4, 0.5) is 5.82 Å². The Balaban J connectivity index is 1.61. The molecule has 2 atom stereocenters. The first kappa shape index (κ1) is 18.2. The predicted molar refractivity (Wildman–Crippen MR) is 98.7 cm³/mol. The van der Waals surface area contributed by atoms with Gasteiger partial charge in [0.25, 0.3) is 0 Å². The number of benzene rings is 1. The average molecular weight is 383 g/mol. The van der Waals surface area contributed by atoms with Crippen molar-refractivity contribution in [2.75, 3.05) is 25.0 Å². The van der Waals surface area contributed by atoms with E-state index in [9.17, 15) is 4.79 Å². The molecule has 1 N–H and O–H groups in total. The number of ether oxygens (including phenoxy) is 1. The summed E-state index contributed by atoms with van der Waals surface area (Å²) in [4.78, 5) is 14.3. The Bertz CT molecular complexity index is 755. The van der Waals surface area contributed by atoms with Crippen molar-refractivity contribution in [2.45, 2.75) is 26.1 Å². The molecule has 2 aromatic rings. The average Bonchev–Trinajstić information content (AvgIpc) is 2.97. The molecule has 1 aromatic carbocycles. The maximum atomic E-state index is 12.3. The van der Waals surface area contributed by atoms with Crippen molar-refractivity contribution in [3.05, 3.63) is 40.5 Å². The van der Waals surface area contributed by atoms with Gasteiger partial charge in [0.15, 0.2) is 5.82 Å². The molecule has 0 aliphatic carbocycles. The van der Waals surface area contributed by atoms with Crippen LogP contribution < -0.4 is 5.32 Å². The van der Waals surface area contributed by atoms with Crippen LogP contribution in [-0.4, -0.2) is 52.4 Å². The molecule has 2 heterocycles. The molecule has 1 aliphatic heterocycles. The second kappa shape index (κ2) is 7.74. The lowest BCUT2D eigenvalue weighted by molar-refractivity contribution is -0.121. The van der Waals surface area contributed by atoms with Gasteiger partial charge in [-0.2, -0.15) is 5.10 Å². The Morgan fingerprint density at radius 1 is 1.24 bits per heavy atom. The summed E-state index contributed by atoms with van der Waals surface area (Å²) in [6, 6.07) is 6.98. The van der Waals surface area contributed by atoms with Gasteiger partial charge in [0.2, 0.25) is 5.91 Å². The summed E-state index contributed by atoms with van der Waals surface area (Å²) in [5.41, 5.74) is 0.769. The molecule has 1 aliphatic rings. The number of rotatable bonds is 4. The van der Waals surface area contributed by atoms with Crippen LogP contribution in [0.2, 0.25) is 10.0 Å². The second-order valence-corrected chi connectivity index (χ2v) is 7.06. The number of hydrogen-bond acceptors (Lipinski definition) is 4. The first-order valence-corrected chi connectivity index (χ1v) is 8.85. The standard InChI is InChI=1S/C17H20Cl2N4O2/c1-11-8-22(9-12(2)25-11)10-17(24)20-16-5-6-23(21-16)13-3-4-14(18)15(19)7-13/h3-7,11-12H,8-10H2,1-2H3,(H,20,21,24). The SMILES string of the molecule is CC1CN(CC(=O)Nc2ccn(-c3ccc(Cl)c(Cl)c3)n2)CC(C)O1. The monoisotopic (exact) mass is 382 g/mol. The fourth-order valence-electron chi connectivity index (χ4n) is 2.96. The molecule has 0 radical (unpaired) electrons. The van der Waals surface area contributed by atoms with Gasteiger partial charge in [0.05, 0.1) is 34.5 Å². The first-order valence-electron chi connectivity index (χ1n) is 8.09. The van der Waals surface area contributed by atoms with E-state index in [1.54, 1.807) is 29.1 Å². The molecule has 1 saturated heterocycles. The number of morpholine rings is 1.